The van der Waals surface area contributed by atoms with Gasteiger partial charge >= 0.3 is 0 Å². The molecule has 0 bridgehead atoms. The largest absolute Gasteiger partial charge is 0.330 e. The minimum Gasteiger partial charge on any atom is -0.330 e. The molecular weight excluding hydrogens is 384 g/mol. The Hall–Kier alpha value is -2.38. The second-order valence-electron chi connectivity index (χ2n) is 7.47. The van der Waals surface area contributed by atoms with Gasteiger partial charge in [-0.05, 0) is 38.1 Å². The number of pyridine rings is 1. The number of hydrogen-bond donors (Lipinski definition) is 2. The van der Waals surface area contributed by atoms with Gasteiger partial charge in [0.2, 0.25) is 11.8 Å². The van der Waals surface area contributed by atoms with Crippen LogP contribution in [0, 0.1) is 6.92 Å². The highest BCUT2D eigenvalue weighted by atomic mass is 32.2. The summed E-state index contributed by atoms with van der Waals surface area (Å²) in [6, 6.07) is 11.8. The SMILES string of the molecule is Cc1ccc(NC(=O)CS[C@@H](C)C(=O)N2CC[NH+](Cc3ccncc3)CC2)cc1. The van der Waals surface area contributed by atoms with Crippen molar-refractivity contribution in [2.75, 3.05) is 37.2 Å². The summed E-state index contributed by atoms with van der Waals surface area (Å²) in [5.74, 6) is 0.319. The van der Waals surface area contributed by atoms with Gasteiger partial charge in [0.1, 0.15) is 6.54 Å². The first-order valence-electron chi connectivity index (χ1n) is 10.0. The number of aryl methyl sites for hydroxylation is 1. The summed E-state index contributed by atoms with van der Waals surface area (Å²) >= 11 is 1.40. The Labute approximate surface area is 176 Å². The number of nitrogens with one attached hydrogen (secondary N) is 2. The molecule has 1 atom stereocenters. The molecule has 1 fully saturated rings. The molecule has 29 heavy (non-hydrogen) atoms. The zero-order chi connectivity index (χ0) is 20.6. The van der Waals surface area contributed by atoms with Crippen LogP contribution in [0.15, 0.2) is 48.8 Å². The summed E-state index contributed by atoms with van der Waals surface area (Å²) in [5, 5.41) is 2.66. The van der Waals surface area contributed by atoms with Crippen molar-refractivity contribution in [3.8, 4) is 0 Å². The number of rotatable bonds is 7. The lowest BCUT2D eigenvalue weighted by Gasteiger charge is -2.33. The molecule has 3 rings (SSSR count). The third-order valence-electron chi connectivity index (χ3n) is 5.13. The number of carbonyl (C=O) groups excluding carboxylic acids is 2. The molecule has 1 aliphatic rings. The minimum atomic E-state index is -0.222. The number of amides is 2. The van der Waals surface area contributed by atoms with E-state index in [4.69, 9.17) is 0 Å². The predicted molar refractivity (Wildman–Crippen MR) is 117 cm³/mol. The molecule has 0 saturated carbocycles. The molecule has 0 radical (unpaired) electrons. The second kappa shape index (κ2) is 10.4. The Balaban J connectivity index is 1.38. The Morgan fingerprint density at radius 2 is 1.79 bits per heavy atom. The average molecular weight is 414 g/mol. The first kappa shape index (κ1) is 21.3. The van der Waals surface area contributed by atoms with Crippen LogP contribution >= 0.6 is 11.8 Å². The molecule has 1 aromatic heterocycles. The van der Waals surface area contributed by atoms with Gasteiger partial charge in [0.25, 0.3) is 0 Å². The predicted octanol–water partition coefficient (Wildman–Crippen LogP) is 1.38. The molecule has 1 aromatic carbocycles. The number of anilines is 1. The lowest BCUT2D eigenvalue weighted by Crippen LogP contribution is -3.13. The Kier molecular flexibility index (Phi) is 7.66. The third-order valence-corrected chi connectivity index (χ3v) is 6.26. The smallest absolute Gasteiger partial charge is 0.235 e. The topological polar surface area (TPSA) is 66.7 Å². The van der Waals surface area contributed by atoms with Gasteiger partial charge in [-0.25, -0.2) is 0 Å². The molecule has 1 aliphatic heterocycles. The van der Waals surface area contributed by atoms with Gasteiger partial charge in [0.15, 0.2) is 0 Å². The van der Waals surface area contributed by atoms with Gasteiger partial charge in [0, 0.05) is 23.6 Å². The maximum atomic E-state index is 12.7. The number of piperazine rings is 1. The second-order valence-corrected chi connectivity index (χ2v) is 8.80. The molecule has 154 valence electrons. The Morgan fingerprint density at radius 1 is 1.14 bits per heavy atom. The molecule has 7 heteroatoms. The number of thioether (sulfide) groups is 1. The Bertz CT molecular complexity index is 805. The van der Waals surface area contributed by atoms with Gasteiger partial charge in [-0.3, -0.25) is 14.6 Å². The molecule has 2 N–H and O–H groups in total. The van der Waals surface area contributed by atoms with Gasteiger partial charge in [-0.1, -0.05) is 17.7 Å². The minimum absolute atomic E-state index is 0.0786. The summed E-state index contributed by atoms with van der Waals surface area (Å²) < 4.78 is 0. The van der Waals surface area contributed by atoms with E-state index in [0.29, 0.717) is 0 Å². The van der Waals surface area contributed by atoms with Crippen LogP contribution < -0.4 is 10.2 Å². The van der Waals surface area contributed by atoms with E-state index < -0.39 is 0 Å². The zero-order valence-corrected chi connectivity index (χ0v) is 17.9. The number of aromatic nitrogens is 1. The van der Waals surface area contributed by atoms with Crippen LogP contribution in [0.3, 0.4) is 0 Å². The summed E-state index contributed by atoms with van der Waals surface area (Å²) in [6.45, 7) is 8.28. The van der Waals surface area contributed by atoms with E-state index in [-0.39, 0.29) is 22.8 Å². The van der Waals surface area contributed by atoms with Crippen molar-refractivity contribution in [1.29, 1.82) is 0 Å². The fraction of sp³-hybridized carbons (Fsp3) is 0.409. The monoisotopic (exact) mass is 413 g/mol. The van der Waals surface area contributed by atoms with E-state index in [1.54, 1.807) is 0 Å². The number of hydrogen-bond acceptors (Lipinski definition) is 4. The molecule has 2 amide bonds. The van der Waals surface area contributed by atoms with Crippen molar-refractivity contribution >= 4 is 29.3 Å². The van der Waals surface area contributed by atoms with Crippen molar-refractivity contribution in [3.05, 3.63) is 59.9 Å². The van der Waals surface area contributed by atoms with Crippen LogP contribution in [0.1, 0.15) is 18.1 Å². The van der Waals surface area contributed by atoms with E-state index in [1.165, 1.54) is 22.2 Å². The highest BCUT2D eigenvalue weighted by Gasteiger charge is 2.27. The van der Waals surface area contributed by atoms with Gasteiger partial charge < -0.3 is 15.1 Å². The normalized spacial score (nSPS) is 15.7. The van der Waals surface area contributed by atoms with Crippen molar-refractivity contribution in [3.63, 3.8) is 0 Å². The molecule has 6 nitrogen and oxygen atoms in total. The molecule has 1 saturated heterocycles. The van der Waals surface area contributed by atoms with Crippen LogP contribution in [0.25, 0.3) is 0 Å². The summed E-state index contributed by atoms with van der Waals surface area (Å²) in [5.41, 5.74) is 3.21. The first-order valence-corrected chi connectivity index (χ1v) is 11.1. The standard InChI is InChI=1S/C22H28N4O2S/c1-17-3-5-20(6-4-17)24-21(27)16-29-18(2)22(28)26-13-11-25(12-14-26)15-19-7-9-23-10-8-19/h3-10,18H,11-16H2,1-2H3,(H,24,27)/p+1/t18-/m0/s1. The molecule has 2 aromatic rings. The van der Waals surface area contributed by atoms with Crippen molar-refractivity contribution in [1.82, 2.24) is 9.88 Å². The molecule has 0 unspecified atom stereocenters. The highest BCUT2D eigenvalue weighted by Crippen LogP contribution is 2.15. The summed E-state index contributed by atoms with van der Waals surface area (Å²) in [7, 11) is 0. The van der Waals surface area contributed by atoms with E-state index in [1.807, 2.05) is 67.5 Å². The fourth-order valence-electron chi connectivity index (χ4n) is 3.37. The van der Waals surface area contributed by atoms with E-state index >= 15 is 0 Å². The number of benzene rings is 1. The fourth-order valence-corrected chi connectivity index (χ4v) is 4.14. The van der Waals surface area contributed by atoms with Crippen LogP contribution in [0.2, 0.25) is 0 Å². The van der Waals surface area contributed by atoms with Crippen molar-refractivity contribution in [2.24, 2.45) is 0 Å². The van der Waals surface area contributed by atoms with Crippen molar-refractivity contribution in [2.45, 2.75) is 25.6 Å². The van der Waals surface area contributed by atoms with E-state index in [0.717, 1.165) is 44.0 Å². The highest BCUT2D eigenvalue weighted by molar-refractivity contribution is 8.01. The van der Waals surface area contributed by atoms with Gasteiger partial charge in [-0.2, -0.15) is 0 Å². The first-order chi connectivity index (χ1) is 14.0. The molecule has 0 spiro atoms. The molecule has 2 heterocycles. The molecular formula is C22H29N4O2S+. The average Bonchev–Trinajstić information content (AvgIpc) is 2.74. The summed E-state index contributed by atoms with van der Waals surface area (Å²) in [4.78, 5) is 32.4. The maximum absolute atomic E-state index is 12.7. The Morgan fingerprint density at radius 3 is 2.45 bits per heavy atom. The zero-order valence-electron chi connectivity index (χ0n) is 17.1. The lowest BCUT2D eigenvalue weighted by atomic mass is 10.2. The lowest BCUT2D eigenvalue weighted by molar-refractivity contribution is -0.917. The van der Waals surface area contributed by atoms with Gasteiger partial charge in [-0.15, -0.1) is 11.8 Å². The maximum Gasteiger partial charge on any atom is 0.235 e. The van der Waals surface area contributed by atoms with E-state index in [2.05, 4.69) is 10.3 Å². The number of nitrogens with zero attached hydrogens (tertiary/aromatic N) is 2. The number of quaternary nitrogens is 1. The summed E-state index contributed by atoms with van der Waals surface area (Å²) in [6.07, 6.45) is 3.64. The van der Waals surface area contributed by atoms with Crippen LogP contribution in [-0.4, -0.2) is 58.9 Å². The van der Waals surface area contributed by atoms with Crippen LogP contribution in [0.4, 0.5) is 5.69 Å². The van der Waals surface area contributed by atoms with Gasteiger partial charge in [0.05, 0.1) is 37.2 Å². The number of carbonyl (C=O) groups is 2. The van der Waals surface area contributed by atoms with Crippen LogP contribution in [-0.2, 0) is 16.1 Å². The van der Waals surface area contributed by atoms with Crippen LogP contribution in [0.5, 0.6) is 0 Å². The van der Waals surface area contributed by atoms with E-state index in [9.17, 15) is 9.59 Å². The third kappa shape index (κ3) is 6.58. The molecule has 0 aliphatic carbocycles. The van der Waals surface area contributed by atoms with Crippen molar-refractivity contribution < 1.29 is 14.5 Å². The quantitative estimate of drug-likeness (QED) is 0.720.